The Morgan fingerprint density at radius 2 is 2.03 bits per heavy atom. The molecule has 7 heteroatoms. The van der Waals surface area contributed by atoms with Crippen LogP contribution in [0, 0.1) is 0 Å². The highest BCUT2D eigenvalue weighted by molar-refractivity contribution is 5.83. The van der Waals surface area contributed by atoms with Gasteiger partial charge in [0.2, 0.25) is 5.88 Å². The second-order valence-electron chi connectivity index (χ2n) is 7.53. The van der Waals surface area contributed by atoms with Crippen LogP contribution in [-0.2, 0) is 5.41 Å². The Labute approximate surface area is 168 Å². The van der Waals surface area contributed by atoms with Crippen LogP contribution in [0.5, 0.6) is 5.88 Å². The molecular weight excluding hydrogens is 364 g/mol. The van der Waals surface area contributed by atoms with Crippen molar-refractivity contribution in [1.82, 2.24) is 25.4 Å². The summed E-state index contributed by atoms with van der Waals surface area (Å²) in [6, 6.07) is 16.0. The third-order valence-electron chi connectivity index (χ3n) is 5.80. The molecule has 146 valence electrons. The van der Waals surface area contributed by atoms with E-state index < -0.39 is 0 Å². The van der Waals surface area contributed by atoms with Gasteiger partial charge in [0.25, 0.3) is 0 Å². The predicted molar refractivity (Wildman–Crippen MR) is 112 cm³/mol. The molecule has 3 heterocycles. The number of methoxy groups -OCH3 is 1. The normalized spacial score (nSPS) is 15.1. The smallest absolute Gasteiger partial charge is 0.213 e. The van der Waals surface area contributed by atoms with Crippen LogP contribution >= 0.6 is 0 Å². The summed E-state index contributed by atoms with van der Waals surface area (Å²) in [5.41, 5.74) is 3.98. The van der Waals surface area contributed by atoms with Gasteiger partial charge in [-0.15, -0.1) is 10.2 Å². The number of ether oxygens (including phenoxy) is 1. The van der Waals surface area contributed by atoms with E-state index in [0.29, 0.717) is 5.88 Å². The van der Waals surface area contributed by atoms with E-state index in [4.69, 9.17) is 4.74 Å². The molecule has 0 saturated heterocycles. The molecule has 0 aliphatic heterocycles. The van der Waals surface area contributed by atoms with Crippen molar-refractivity contribution in [3.05, 3.63) is 60.4 Å². The number of benzene rings is 1. The van der Waals surface area contributed by atoms with Crippen LogP contribution in [0.25, 0.3) is 22.2 Å². The van der Waals surface area contributed by atoms with Crippen LogP contribution < -0.4 is 10.1 Å². The molecule has 1 aliphatic rings. The summed E-state index contributed by atoms with van der Waals surface area (Å²) >= 11 is 0. The minimum absolute atomic E-state index is 0.0290. The molecule has 7 nitrogen and oxygen atoms in total. The quantitative estimate of drug-likeness (QED) is 0.521. The van der Waals surface area contributed by atoms with E-state index in [9.17, 15) is 0 Å². The summed E-state index contributed by atoms with van der Waals surface area (Å²) in [5, 5.41) is 20.3. The number of rotatable bonds is 6. The van der Waals surface area contributed by atoms with Gasteiger partial charge in [0, 0.05) is 29.0 Å². The zero-order valence-corrected chi connectivity index (χ0v) is 16.2. The molecule has 1 aliphatic carbocycles. The maximum atomic E-state index is 5.30. The van der Waals surface area contributed by atoms with Crippen LogP contribution in [0.1, 0.15) is 25.0 Å². The molecule has 2 N–H and O–H groups in total. The average molecular weight is 386 g/mol. The van der Waals surface area contributed by atoms with Crippen molar-refractivity contribution in [2.75, 3.05) is 19.0 Å². The Bertz CT molecular complexity index is 1130. The summed E-state index contributed by atoms with van der Waals surface area (Å²) in [6.45, 7) is 0.780. The lowest BCUT2D eigenvalue weighted by atomic mass is 9.66. The molecule has 0 radical (unpaired) electrons. The van der Waals surface area contributed by atoms with Gasteiger partial charge in [-0.2, -0.15) is 5.10 Å². The first kappa shape index (κ1) is 17.6. The number of hydrogen-bond acceptors (Lipinski definition) is 6. The predicted octanol–water partition coefficient (Wildman–Crippen LogP) is 3.96. The third kappa shape index (κ3) is 3.29. The fourth-order valence-electron chi connectivity index (χ4n) is 3.89. The van der Waals surface area contributed by atoms with Crippen molar-refractivity contribution < 1.29 is 4.74 Å². The largest absolute Gasteiger partial charge is 0.481 e. The minimum atomic E-state index is 0.0290. The molecule has 0 unspecified atom stereocenters. The topological polar surface area (TPSA) is 88.6 Å². The molecule has 0 spiro atoms. The van der Waals surface area contributed by atoms with Crippen LogP contribution in [-0.4, -0.2) is 39.0 Å². The summed E-state index contributed by atoms with van der Waals surface area (Å²) < 4.78 is 5.30. The van der Waals surface area contributed by atoms with Gasteiger partial charge in [0.15, 0.2) is 0 Å². The van der Waals surface area contributed by atoms with Crippen molar-refractivity contribution in [3.63, 3.8) is 0 Å². The minimum Gasteiger partial charge on any atom is -0.481 e. The molecule has 1 aromatic carbocycles. The highest BCUT2D eigenvalue weighted by Crippen LogP contribution is 2.43. The molecule has 1 fully saturated rings. The summed E-state index contributed by atoms with van der Waals surface area (Å²) in [5.74, 6) is 1.43. The molecule has 0 atom stereocenters. The summed E-state index contributed by atoms with van der Waals surface area (Å²) in [4.78, 5) is 4.67. The lowest BCUT2D eigenvalue weighted by molar-refractivity contribution is 0.250. The number of nitrogens with one attached hydrogen (secondary N) is 2. The molecule has 4 aromatic rings. The van der Waals surface area contributed by atoms with Gasteiger partial charge in [-0.25, -0.2) is 4.98 Å². The van der Waals surface area contributed by atoms with Gasteiger partial charge in [0.1, 0.15) is 5.82 Å². The van der Waals surface area contributed by atoms with Crippen molar-refractivity contribution in [3.8, 4) is 17.1 Å². The lowest BCUT2D eigenvalue weighted by Crippen LogP contribution is -2.41. The van der Waals surface area contributed by atoms with Crippen LogP contribution in [0.3, 0.4) is 0 Å². The number of aromatic amines is 1. The van der Waals surface area contributed by atoms with Gasteiger partial charge < -0.3 is 10.1 Å². The first-order chi connectivity index (χ1) is 14.3. The van der Waals surface area contributed by atoms with Gasteiger partial charge in [-0.3, -0.25) is 5.10 Å². The first-order valence-electron chi connectivity index (χ1n) is 9.78. The Morgan fingerprint density at radius 1 is 1.10 bits per heavy atom. The van der Waals surface area contributed by atoms with Crippen molar-refractivity contribution in [2.45, 2.75) is 24.7 Å². The van der Waals surface area contributed by atoms with E-state index in [1.54, 1.807) is 7.11 Å². The van der Waals surface area contributed by atoms with E-state index in [1.165, 1.54) is 6.42 Å². The molecule has 1 saturated carbocycles. The molecule has 3 aromatic heterocycles. The van der Waals surface area contributed by atoms with Crippen molar-refractivity contribution in [2.24, 2.45) is 0 Å². The van der Waals surface area contributed by atoms with E-state index in [2.05, 4.69) is 42.8 Å². The maximum absolute atomic E-state index is 5.30. The second kappa shape index (κ2) is 7.16. The average Bonchev–Trinajstić information content (AvgIpc) is 3.21. The van der Waals surface area contributed by atoms with E-state index in [-0.39, 0.29) is 5.41 Å². The fourth-order valence-corrected chi connectivity index (χ4v) is 3.89. The lowest BCUT2D eigenvalue weighted by Gasteiger charge is -2.41. The standard InChI is InChI=1S/C22H22N6O/c1-29-21-5-2-4-19(25-21)22(10-3-11-22)14-23-20-9-8-17(27-28-20)15-6-7-18-16(12-15)13-24-26-18/h2,4-9,12-13H,3,10-11,14H2,1H3,(H,23,28)(H,24,26). The number of aromatic nitrogens is 5. The molecule has 5 rings (SSSR count). The Morgan fingerprint density at radius 3 is 2.79 bits per heavy atom. The van der Waals surface area contributed by atoms with Gasteiger partial charge in [0.05, 0.1) is 30.2 Å². The second-order valence-corrected chi connectivity index (χ2v) is 7.53. The Kier molecular flexibility index (Phi) is 4.35. The van der Waals surface area contributed by atoms with Crippen molar-refractivity contribution in [1.29, 1.82) is 0 Å². The zero-order valence-electron chi connectivity index (χ0n) is 16.2. The fraction of sp³-hybridized carbons (Fsp3) is 0.273. The van der Waals surface area contributed by atoms with Gasteiger partial charge in [-0.05, 0) is 43.2 Å². The number of pyridine rings is 1. The van der Waals surface area contributed by atoms with E-state index in [0.717, 1.165) is 53.1 Å². The van der Waals surface area contributed by atoms with Crippen molar-refractivity contribution >= 4 is 16.7 Å². The first-order valence-corrected chi connectivity index (χ1v) is 9.78. The van der Waals surface area contributed by atoms with Crippen LogP contribution in [0.2, 0.25) is 0 Å². The molecule has 0 bridgehead atoms. The number of nitrogens with zero attached hydrogens (tertiary/aromatic N) is 4. The Hall–Kier alpha value is -3.48. The SMILES string of the molecule is COc1cccc(C2(CNc3ccc(-c4ccc5[nH]ncc5c4)nn3)CCC2)n1. The number of fused-ring (bicyclic) bond motifs is 1. The summed E-state index contributed by atoms with van der Waals surface area (Å²) in [7, 11) is 1.65. The maximum Gasteiger partial charge on any atom is 0.213 e. The van der Waals surface area contributed by atoms with E-state index >= 15 is 0 Å². The Balaban J connectivity index is 1.31. The number of anilines is 1. The monoisotopic (exact) mass is 386 g/mol. The zero-order chi connectivity index (χ0) is 19.7. The highest BCUT2D eigenvalue weighted by Gasteiger charge is 2.40. The highest BCUT2D eigenvalue weighted by atomic mass is 16.5. The van der Waals surface area contributed by atoms with Gasteiger partial charge in [-0.1, -0.05) is 18.6 Å². The number of H-pyrrole nitrogens is 1. The van der Waals surface area contributed by atoms with E-state index in [1.807, 2.05) is 42.6 Å². The molecule has 29 heavy (non-hydrogen) atoms. The third-order valence-corrected chi connectivity index (χ3v) is 5.80. The van der Waals surface area contributed by atoms with Crippen LogP contribution in [0.15, 0.2) is 54.7 Å². The van der Waals surface area contributed by atoms with Crippen LogP contribution in [0.4, 0.5) is 5.82 Å². The van der Waals surface area contributed by atoms with Gasteiger partial charge >= 0.3 is 0 Å². The number of hydrogen-bond donors (Lipinski definition) is 2. The molecular formula is C22H22N6O. The summed E-state index contributed by atoms with van der Waals surface area (Å²) in [6.07, 6.45) is 5.24. The molecule has 0 amide bonds.